The van der Waals surface area contributed by atoms with Gasteiger partial charge in [0.05, 0.1) is 0 Å². The Morgan fingerprint density at radius 2 is 2.04 bits per heavy atom. The van der Waals surface area contributed by atoms with Crippen molar-refractivity contribution in [2.45, 2.75) is 26.5 Å². The fourth-order valence-electron chi connectivity index (χ4n) is 2.07. The molecule has 0 saturated carbocycles. The molecule has 0 aliphatic rings. The van der Waals surface area contributed by atoms with Gasteiger partial charge in [0.2, 0.25) is 0 Å². The van der Waals surface area contributed by atoms with Gasteiger partial charge in [0.15, 0.2) is 17.5 Å². The van der Waals surface area contributed by atoms with Crippen molar-refractivity contribution in [2.75, 3.05) is 7.11 Å². The van der Waals surface area contributed by atoms with E-state index in [1.165, 1.54) is 13.2 Å². The Labute approximate surface area is 133 Å². The maximum absolute atomic E-state index is 12.2. The summed E-state index contributed by atoms with van der Waals surface area (Å²) in [4.78, 5) is 23.7. The van der Waals surface area contributed by atoms with Crippen LogP contribution in [0.1, 0.15) is 39.0 Å². The number of aliphatic carboxylic acids is 1. The molecule has 1 unspecified atom stereocenters. The highest BCUT2D eigenvalue weighted by atomic mass is 16.5. The van der Waals surface area contributed by atoms with Crippen molar-refractivity contribution in [3.05, 3.63) is 52.4 Å². The van der Waals surface area contributed by atoms with Crippen LogP contribution in [0.3, 0.4) is 0 Å². The van der Waals surface area contributed by atoms with Gasteiger partial charge in [-0.05, 0) is 30.5 Å². The zero-order valence-corrected chi connectivity index (χ0v) is 13.1. The number of hydrogen-bond donors (Lipinski definition) is 2. The third-order valence-corrected chi connectivity index (χ3v) is 3.46. The van der Waals surface area contributed by atoms with Crippen LogP contribution >= 0.6 is 0 Å². The normalized spacial score (nSPS) is 12.0. The van der Waals surface area contributed by atoms with E-state index in [0.717, 1.165) is 11.1 Å². The molecule has 0 fully saturated rings. The Balaban J connectivity index is 2.19. The van der Waals surface area contributed by atoms with E-state index in [1.54, 1.807) is 12.1 Å². The number of benzene rings is 1. The smallest absolute Gasteiger partial charge is 0.330 e. The van der Waals surface area contributed by atoms with Crippen LogP contribution in [0.25, 0.3) is 0 Å². The lowest BCUT2D eigenvalue weighted by molar-refractivity contribution is -0.139. The third-order valence-electron chi connectivity index (χ3n) is 3.46. The lowest BCUT2D eigenvalue weighted by atomic mass is 10.0. The molecule has 1 aromatic carbocycles. The van der Waals surface area contributed by atoms with Crippen LogP contribution in [0.4, 0.5) is 0 Å². The molecule has 0 saturated heterocycles. The van der Waals surface area contributed by atoms with E-state index in [0.29, 0.717) is 11.3 Å². The number of ether oxygens (including phenoxy) is 1. The predicted octanol–water partition coefficient (Wildman–Crippen LogP) is 1.99. The number of carbonyl (C=O) groups is 2. The number of aryl methyl sites for hydroxylation is 2. The Hall–Kier alpha value is -2.67. The second-order valence-electron chi connectivity index (χ2n) is 5.20. The van der Waals surface area contributed by atoms with E-state index >= 15 is 0 Å². The molecular formula is C16H18N2O5. The molecule has 0 aliphatic heterocycles. The van der Waals surface area contributed by atoms with Crippen LogP contribution in [0, 0.1) is 13.8 Å². The van der Waals surface area contributed by atoms with Crippen LogP contribution in [0.15, 0.2) is 28.8 Å². The number of amides is 1. The topological polar surface area (TPSA) is 102 Å². The highest BCUT2D eigenvalue weighted by Gasteiger charge is 2.24. The maximum Gasteiger partial charge on any atom is 0.330 e. The average molecular weight is 318 g/mol. The minimum Gasteiger partial charge on any atom is -0.479 e. The molecule has 0 spiro atoms. The molecule has 7 nitrogen and oxygen atoms in total. The van der Waals surface area contributed by atoms with E-state index in [4.69, 9.17) is 9.26 Å². The highest BCUT2D eigenvalue weighted by molar-refractivity contribution is 5.95. The van der Waals surface area contributed by atoms with Crippen molar-refractivity contribution < 1.29 is 24.0 Å². The molecule has 0 aliphatic carbocycles. The van der Waals surface area contributed by atoms with Crippen LogP contribution in [-0.4, -0.2) is 29.2 Å². The Morgan fingerprint density at radius 3 is 2.65 bits per heavy atom. The minimum atomic E-state index is -1.16. The number of carbonyl (C=O) groups excluding carboxylic acids is 1. The van der Waals surface area contributed by atoms with E-state index in [-0.39, 0.29) is 12.3 Å². The third kappa shape index (κ3) is 3.95. The van der Waals surface area contributed by atoms with Gasteiger partial charge in [0, 0.05) is 13.2 Å². The summed E-state index contributed by atoms with van der Waals surface area (Å²) in [6.45, 7) is 3.99. The number of rotatable bonds is 6. The molecule has 2 N–H and O–H groups in total. The molecule has 0 bridgehead atoms. The SMILES string of the molecule is COCc1cc(C(=O)NC(C(=O)O)c2ccc(C)c(C)c2)no1. The summed E-state index contributed by atoms with van der Waals surface area (Å²) >= 11 is 0. The number of carboxylic acids is 1. The largest absolute Gasteiger partial charge is 0.479 e. The van der Waals surface area contributed by atoms with Gasteiger partial charge in [-0.3, -0.25) is 4.79 Å². The van der Waals surface area contributed by atoms with E-state index in [9.17, 15) is 14.7 Å². The molecule has 1 atom stereocenters. The Kier molecular flexibility index (Phi) is 5.13. The highest BCUT2D eigenvalue weighted by Crippen LogP contribution is 2.18. The Bertz CT molecular complexity index is 723. The van der Waals surface area contributed by atoms with Gasteiger partial charge in [-0.25, -0.2) is 4.79 Å². The molecule has 1 heterocycles. The minimum absolute atomic E-state index is 0.00661. The van der Waals surface area contributed by atoms with Gasteiger partial charge >= 0.3 is 5.97 Å². The van der Waals surface area contributed by atoms with Crippen molar-refractivity contribution in [3.8, 4) is 0 Å². The summed E-state index contributed by atoms with van der Waals surface area (Å²) in [5.74, 6) is -1.39. The van der Waals surface area contributed by atoms with E-state index < -0.39 is 17.9 Å². The average Bonchev–Trinajstić information content (AvgIpc) is 2.96. The quantitative estimate of drug-likeness (QED) is 0.844. The number of hydrogen-bond acceptors (Lipinski definition) is 5. The summed E-state index contributed by atoms with van der Waals surface area (Å²) in [5, 5.41) is 15.5. The number of methoxy groups -OCH3 is 1. The fourth-order valence-corrected chi connectivity index (χ4v) is 2.07. The fraction of sp³-hybridized carbons (Fsp3) is 0.312. The van der Waals surface area contributed by atoms with Gasteiger partial charge in [-0.1, -0.05) is 23.4 Å². The standard InChI is InChI=1S/C16H18N2O5/c1-9-4-5-11(6-10(9)2)14(16(20)21)17-15(19)13-7-12(8-22-3)23-18-13/h4-7,14H,8H2,1-3H3,(H,17,19)(H,20,21). The van der Waals surface area contributed by atoms with E-state index in [1.807, 2.05) is 19.9 Å². The molecule has 0 radical (unpaired) electrons. The van der Waals surface area contributed by atoms with Crippen molar-refractivity contribution in [3.63, 3.8) is 0 Å². The van der Waals surface area contributed by atoms with Crippen LogP contribution in [0.2, 0.25) is 0 Å². The van der Waals surface area contributed by atoms with Crippen molar-refractivity contribution in [2.24, 2.45) is 0 Å². The van der Waals surface area contributed by atoms with Crippen molar-refractivity contribution >= 4 is 11.9 Å². The molecule has 2 aromatic rings. The van der Waals surface area contributed by atoms with Gasteiger partial charge in [-0.15, -0.1) is 0 Å². The number of aromatic nitrogens is 1. The lowest BCUT2D eigenvalue weighted by Gasteiger charge is -2.15. The van der Waals surface area contributed by atoms with Gasteiger partial charge in [0.1, 0.15) is 6.61 Å². The number of nitrogens with one attached hydrogen (secondary N) is 1. The van der Waals surface area contributed by atoms with Crippen molar-refractivity contribution in [1.29, 1.82) is 0 Å². The molecule has 122 valence electrons. The first-order valence-corrected chi connectivity index (χ1v) is 6.97. The van der Waals surface area contributed by atoms with Crippen LogP contribution < -0.4 is 5.32 Å². The second-order valence-corrected chi connectivity index (χ2v) is 5.20. The zero-order valence-electron chi connectivity index (χ0n) is 13.1. The second kappa shape index (κ2) is 7.06. The molecule has 1 amide bonds. The summed E-state index contributed by atoms with van der Waals surface area (Å²) in [6.07, 6.45) is 0. The summed E-state index contributed by atoms with van der Waals surface area (Å²) in [7, 11) is 1.49. The van der Waals surface area contributed by atoms with E-state index in [2.05, 4.69) is 10.5 Å². The van der Waals surface area contributed by atoms with Gasteiger partial charge < -0.3 is 19.7 Å². The molecule has 23 heavy (non-hydrogen) atoms. The molecular weight excluding hydrogens is 300 g/mol. The summed E-state index contributed by atoms with van der Waals surface area (Å²) < 4.78 is 9.80. The van der Waals surface area contributed by atoms with Crippen LogP contribution in [0.5, 0.6) is 0 Å². The monoisotopic (exact) mass is 318 g/mol. The lowest BCUT2D eigenvalue weighted by Crippen LogP contribution is -2.34. The maximum atomic E-state index is 12.2. The summed E-state index contributed by atoms with van der Waals surface area (Å²) in [6, 6.07) is 5.50. The zero-order chi connectivity index (χ0) is 17.0. The van der Waals surface area contributed by atoms with Gasteiger partial charge in [-0.2, -0.15) is 0 Å². The van der Waals surface area contributed by atoms with Crippen molar-refractivity contribution in [1.82, 2.24) is 10.5 Å². The summed E-state index contributed by atoms with van der Waals surface area (Å²) in [5.41, 5.74) is 2.50. The first-order valence-electron chi connectivity index (χ1n) is 6.97. The molecule has 1 aromatic heterocycles. The first kappa shape index (κ1) is 16.7. The predicted molar refractivity (Wildman–Crippen MR) is 81.0 cm³/mol. The Morgan fingerprint density at radius 1 is 1.30 bits per heavy atom. The number of carboxylic acid groups (broad SMARTS) is 1. The molecule has 7 heteroatoms. The van der Waals surface area contributed by atoms with Crippen LogP contribution in [-0.2, 0) is 16.1 Å². The molecule has 2 rings (SSSR count). The first-order chi connectivity index (χ1) is 10.9. The number of nitrogens with zero attached hydrogens (tertiary/aromatic N) is 1. The van der Waals surface area contributed by atoms with Gasteiger partial charge in [0.25, 0.3) is 5.91 Å².